The highest BCUT2D eigenvalue weighted by atomic mass is 19.1. The highest BCUT2D eigenvalue weighted by molar-refractivity contribution is 5.99. The van der Waals surface area contributed by atoms with Gasteiger partial charge in [-0.05, 0) is 24.3 Å². The molecule has 0 radical (unpaired) electrons. The van der Waals surface area contributed by atoms with Gasteiger partial charge in [-0.3, -0.25) is 9.59 Å². The first kappa shape index (κ1) is 16.9. The Morgan fingerprint density at radius 1 is 1.20 bits per heavy atom. The minimum atomic E-state index is -0.938. The molecule has 2 aromatic rings. The van der Waals surface area contributed by atoms with E-state index in [1.54, 1.807) is 24.3 Å². The number of hydrogen-bond donors (Lipinski definition) is 1. The Kier molecular flexibility index (Phi) is 4.65. The van der Waals surface area contributed by atoms with E-state index in [0.29, 0.717) is 11.4 Å². The molecule has 3 rings (SSSR count). The van der Waals surface area contributed by atoms with E-state index in [-0.39, 0.29) is 18.9 Å². The average Bonchev–Trinajstić information content (AvgIpc) is 2.95. The van der Waals surface area contributed by atoms with Crippen molar-refractivity contribution in [3.05, 3.63) is 59.7 Å². The molecule has 5 nitrogen and oxygen atoms in total. The van der Waals surface area contributed by atoms with Crippen molar-refractivity contribution in [2.45, 2.75) is 12.5 Å². The van der Waals surface area contributed by atoms with Crippen LogP contribution in [0.15, 0.2) is 42.5 Å². The van der Waals surface area contributed by atoms with E-state index in [1.807, 2.05) is 0 Å². The van der Waals surface area contributed by atoms with Gasteiger partial charge in [-0.1, -0.05) is 12.1 Å². The fourth-order valence-electron chi connectivity index (χ4n) is 2.80. The number of rotatable bonds is 4. The monoisotopic (exact) mass is 346 g/mol. The number of hydrogen-bond acceptors (Lipinski definition) is 3. The number of amides is 2. The number of carbonyl (C=O) groups excluding carboxylic acids is 2. The predicted octanol–water partition coefficient (Wildman–Crippen LogP) is 2.51. The number of benzene rings is 2. The summed E-state index contributed by atoms with van der Waals surface area (Å²) in [5.41, 5.74) is -0.00653. The van der Waals surface area contributed by atoms with Crippen LogP contribution in [-0.2, 0) is 4.79 Å². The number of nitrogens with one attached hydrogen (secondary N) is 1. The molecule has 1 aliphatic heterocycles. The summed E-state index contributed by atoms with van der Waals surface area (Å²) in [6, 6.07) is 9.64. The molecule has 130 valence electrons. The van der Waals surface area contributed by atoms with Crippen LogP contribution in [0, 0.1) is 11.6 Å². The highest BCUT2D eigenvalue weighted by Crippen LogP contribution is 2.25. The van der Waals surface area contributed by atoms with Crippen molar-refractivity contribution in [1.29, 1.82) is 0 Å². The van der Waals surface area contributed by atoms with Crippen molar-refractivity contribution in [3.63, 3.8) is 0 Å². The lowest BCUT2D eigenvalue weighted by atomic mass is 10.1. The molecule has 1 aliphatic rings. The summed E-state index contributed by atoms with van der Waals surface area (Å²) in [7, 11) is 1.52. The summed E-state index contributed by atoms with van der Waals surface area (Å²) in [4.78, 5) is 25.9. The van der Waals surface area contributed by atoms with E-state index >= 15 is 0 Å². The third kappa shape index (κ3) is 3.45. The van der Waals surface area contributed by atoms with Crippen molar-refractivity contribution in [3.8, 4) is 5.75 Å². The van der Waals surface area contributed by atoms with Gasteiger partial charge in [0.25, 0.3) is 5.91 Å². The third-order valence-corrected chi connectivity index (χ3v) is 4.02. The lowest BCUT2D eigenvalue weighted by Gasteiger charge is -2.18. The molecule has 1 atom stereocenters. The van der Waals surface area contributed by atoms with Crippen molar-refractivity contribution < 1.29 is 23.1 Å². The molecule has 0 spiro atoms. The topological polar surface area (TPSA) is 58.6 Å². The smallest absolute Gasteiger partial charge is 0.257 e. The molecule has 2 amide bonds. The molecule has 1 N–H and O–H groups in total. The normalized spacial score (nSPS) is 16.8. The second-order valence-electron chi connectivity index (χ2n) is 5.68. The molecule has 7 heteroatoms. The molecule has 25 heavy (non-hydrogen) atoms. The maximum atomic E-state index is 13.7. The first-order valence-electron chi connectivity index (χ1n) is 7.69. The van der Waals surface area contributed by atoms with Gasteiger partial charge in [0.15, 0.2) is 0 Å². The van der Waals surface area contributed by atoms with Gasteiger partial charge in [-0.2, -0.15) is 0 Å². The molecule has 1 heterocycles. The van der Waals surface area contributed by atoms with E-state index in [0.717, 1.165) is 12.1 Å². The van der Waals surface area contributed by atoms with E-state index in [2.05, 4.69) is 5.32 Å². The maximum Gasteiger partial charge on any atom is 0.257 e. The zero-order chi connectivity index (χ0) is 18.0. The Labute approximate surface area is 143 Å². The number of carbonyl (C=O) groups is 2. The number of ether oxygens (including phenoxy) is 1. The zero-order valence-corrected chi connectivity index (χ0v) is 13.5. The van der Waals surface area contributed by atoms with Crippen molar-refractivity contribution in [1.82, 2.24) is 5.32 Å². The second kappa shape index (κ2) is 6.88. The zero-order valence-electron chi connectivity index (χ0n) is 13.5. The summed E-state index contributed by atoms with van der Waals surface area (Å²) in [5.74, 6) is -2.34. The van der Waals surface area contributed by atoms with Crippen LogP contribution in [0.4, 0.5) is 14.5 Å². The van der Waals surface area contributed by atoms with Crippen molar-refractivity contribution in [2.24, 2.45) is 0 Å². The minimum Gasteiger partial charge on any atom is -0.497 e. The van der Waals surface area contributed by atoms with E-state index in [4.69, 9.17) is 4.74 Å². The van der Waals surface area contributed by atoms with Gasteiger partial charge in [0.05, 0.1) is 13.2 Å². The van der Waals surface area contributed by atoms with Gasteiger partial charge in [0.2, 0.25) is 5.91 Å². The van der Waals surface area contributed by atoms with Gasteiger partial charge >= 0.3 is 0 Å². The van der Waals surface area contributed by atoms with Crippen LogP contribution in [-0.4, -0.2) is 31.5 Å². The standard InChI is InChI=1S/C18H16F2N2O3/c1-25-13-5-2-4-12(9-13)22-10-11(8-16(22)23)21-18(24)17-14(19)6-3-7-15(17)20/h2-7,9,11H,8,10H2,1H3,(H,21,24). The molecule has 1 saturated heterocycles. The SMILES string of the molecule is COc1cccc(N2CC(NC(=O)c3c(F)cccc3F)CC2=O)c1. The Morgan fingerprint density at radius 2 is 1.88 bits per heavy atom. The Morgan fingerprint density at radius 3 is 2.56 bits per heavy atom. The fourth-order valence-corrected chi connectivity index (χ4v) is 2.80. The van der Waals surface area contributed by atoms with Crippen LogP contribution in [0.5, 0.6) is 5.75 Å². The maximum absolute atomic E-state index is 13.7. The number of halogens is 2. The molecule has 2 aromatic carbocycles. The third-order valence-electron chi connectivity index (χ3n) is 4.02. The van der Waals surface area contributed by atoms with Crippen LogP contribution in [0.3, 0.4) is 0 Å². The van der Waals surface area contributed by atoms with E-state index in [1.165, 1.54) is 18.1 Å². The second-order valence-corrected chi connectivity index (χ2v) is 5.68. The van der Waals surface area contributed by atoms with Gasteiger partial charge in [0, 0.05) is 24.7 Å². The first-order chi connectivity index (χ1) is 12.0. The number of anilines is 1. The summed E-state index contributed by atoms with van der Waals surface area (Å²) in [6.07, 6.45) is 0.0546. The first-order valence-corrected chi connectivity index (χ1v) is 7.69. The van der Waals surface area contributed by atoms with Gasteiger partial charge in [0.1, 0.15) is 22.9 Å². The van der Waals surface area contributed by atoms with Crippen LogP contribution in [0.25, 0.3) is 0 Å². The molecule has 1 fully saturated rings. The largest absolute Gasteiger partial charge is 0.497 e. The summed E-state index contributed by atoms with van der Waals surface area (Å²) in [5, 5.41) is 2.52. The molecular weight excluding hydrogens is 330 g/mol. The molecule has 0 saturated carbocycles. The highest BCUT2D eigenvalue weighted by Gasteiger charge is 2.32. The van der Waals surface area contributed by atoms with E-state index < -0.39 is 29.1 Å². The van der Waals surface area contributed by atoms with Crippen LogP contribution < -0.4 is 15.0 Å². The van der Waals surface area contributed by atoms with Crippen molar-refractivity contribution >= 4 is 17.5 Å². The quantitative estimate of drug-likeness (QED) is 0.925. The van der Waals surface area contributed by atoms with Gasteiger partial charge in [-0.15, -0.1) is 0 Å². The molecule has 0 aliphatic carbocycles. The molecule has 0 aromatic heterocycles. The van der Waals surface area contributed by atoms with Gasteiger partial charge in [-0.25, -0.2) is 8.78 Å². The molecular formula is C18H16F2N2O3. The Balaban J connectivity index is 1.73. The van der Waals surface area contributed by atoms with Crippen molar-refractivity contribution in [2.75, 3.05) is 18.6 Å². The Hall–Kier alpha value is -2.96. The fraction of sp³-hybridized carbons (Fsp3) is 0.222. The van der Waals surface area contributed by atoms with Crippen LogP contribution in [0.1, 0.15) is 16.8 Å². The number of methoxy groups -OCH3 is 1. The van der Waals surface area contributed by atoms with E-state index in [9.17, 15) is 18.4 Å². The van der Waals surface area contributed by atoms with Crippen LogP contribution in [0.2, 0.25) is 0 Å². The molecule has 1 unspecified atom stereocenters. The number of nitrogens with zero attached hydrogens (tertiary/aromatic N) is 1. The minimum absolute atomic E-state index is 0.0546. The lowest BCUT2D eigenvalue weighted by molar-refractivity contribution is -0.117. The predicted molar refractivity (Wildman–Crippen MR) is 87.6 cm³/mol. The summed E-state index contributed by atoms with van der Waals surface area (Å²) in [6.45, 7) is 0.216. The lowest BCUT2D eigenvalue weighted by Crippen LogP contribution is -2.38. The van der Waals surface area contributed by atoms with Crippen LogP contribution >= 0.6 is 0 Å². The summed E-state index contributed by atoms with van der Waals surface area (Å²) >= 11 is 0. The Bertz CT molecular complexity index is 805. The van der Waals surface area contributed by atoms with Gasteiger partial charge < -0.3 is 15.0 Å². The molecule has 0 bridgehead atoms. The summed E-state index contributed by atoms with van der Waals surface area (Å²) < 4.78 is 32.5. The average molecular weight is 346 g/mol.